The maximum Gasteiger partial charge on any atom is 0.136 e. The van der Waals surface area contributed by atoms with Gasteiger partial charge in [0.25, 0.3) is 0 Å². The number of carbonyl (C=O) groups is 1. The van der Waals surface area contributed by atoms with Crippen LogP contribution in [-0.4, -0.2) is 22.1 Å². The van der Waals surface area contributed by atoms with Crippen molar-refractivity contribution in [3.8, 4) is 0 Å². The Morgan fingerprint density at radius 1 is 1.75 bits per heavy atom. The highest BCUT2D eigenvalue weighted by Gasteiger charge is 2.13. The van der Waals surface area contributed by atoms with E-state index in [4.69, 9.17) is 0 Å². The zero-order valence-electron chi connectivity index (χ0n) is 6.73. The van der Waals surface area contributed by atoms with E-state index in [0.29, 0.717) is 0 Å². The predicted molar refractivity (Wildman–Crippen MR) is 43.5 cm³/mol. The van der Waals surface area contributed by atoms with Crippen LogP contribution in [0.2, 0.25) is 0 Å². The van der Waals surface area contributed by atoms with Gasteiger partial charge in [0.15, 0.2) is 0 Å². The first-order chi connectivity index (χ1) is 5.90. The van der Waals surface area contributed by atoms with Crippen molar-refractivity contribution in [3.05, 3.63) is 18.0 Å². The van der Waals surface area contributed by atoms with Gasteiger partial charge in [-0.05, 0) is 12.5 Å². The quantitative estimate of drug-likeness (QED) is 0.593. The lowest BCUT2D eigenvalue weighted by Gasteiger charge is -2.04. The minimum Gasteiger partial charge on any atom is -0.302 e. The fourth-order valence-corrected chi connectivity index (χ4v) is 1.43. The van der Waals surface area contributed by atoms with Crippen LogP contribution in [0.5, 0.6) is 0 Å². The van der Waals surface area contributed by atoms with Gasteiger partial charge in [-0.3, -0.25) is 4.68 Å². The summed E-state index contributed by atoms with van der Waals surface area (Å²) < 4.78 is 1.94. The molecule has 4 heteroatoms. The van der Waals surface area contributed by atoms with Crippen molar-refractivity contribution in [2.45, 2.75) is 25.6 Å². The monoisotopic (exact) mass is 165 g/mol. The van der Waals surface area contributed by atoms with Gasteiger partial charge in [-0.15, -0.1) is 0 Å². The van der Waals surface area contributed by atoms with E-state index < -0.39 is 0 Å². The summed E-state index contributed by atoms with van der Waals surface area (Å²) in [6, 6.07) is 1.96. The molecule has 1 aromatic rings. The Labute approximate surface area is 70.6 Å². The van der Waals surface area contributed by atoms with Crippen LogP contribution < -0.4 is 5.32 Å². The van der Waals surface area contributed by atoms with E-state index in [-0.39, 0.29) is 6.04 Å². The zero-order chi connectivity index (χ0) is 8.39. The molecule has 0 saturated heterocycles. The first-order valence-electron chi connectivity index (χ1n) is 4.09. The second-order valence-corrected chi connectivity index (χ2v) is 2.96. The lowest BCUT2D eigenvalue weighted by Crippen LogP contribution is -2.28. The Hall–Kier alpha value is -1.16. The number of nitrogens with zero attached hydrogens (tertiary/aromatic N) is 2. The molecule has 0 radical (unpaired) electrons. The molecule has 0 spiro atoms. The molecule has 1 aliphatic rings. The van der Waals surface area contributed by atoms with Gasteiger partial charge < -0.3 is 10.1 Å². The maximum atomic E-state index is 10.5. The number of hydrogen-bond donors (Lipinski definition) is 1. The van der Waals surface area contributed by atoms with Crippen LogP contribution in [0.1, 0.15) is 12.1 Å². The van der Waals surface area contributed by atoms with Gasteiger partial charge in [-0.25, -0.2) is 0 Å². The van der Waals surface area contributed by atoms with Crippen LogP contribution in [0.15, 0.2) is 12.3 Å². The van der Waals surface area contributed by atoms with Crippen molar-refractivity contribution >= 4 is 6.29 Å². The molecular weight excluding hydrogens is 154 g/mol. The molecule has 1 N–H and O–H groups in total. The number of aldehydes is 1. The number of fused-ring (bicyclic) bond motifs is 1. The molecule has 0 fully saturated rings. The third kappa shape index (κ3) is 1.25. The summed E-state index contributed by atoms with van der Waals surface area (Å²) in [6.07, 6.45) is 3.59. The van der Waals surface area contributed by atoms with Crippen LogP contribution in [0.25, 0.3) is 0 Å². The maximum absolute atomic E-state index is 10.5. The Kier molecular flexibility index (Phi) is 1.91. The molecule has 2 heterocycles. The average Bonchev–Trinajstić information content (AvgIpc) is 2.46. The van der Waals surface area contributed by atoms with Gasteiger partial charge >= 0.3 is 0 Å². The smallest absolute Gasteiger partial charge is 0.136 e. The van der Waals surface area contributed by atoms with Crippen molar-refractivity contribution in [3.63, 3.8) is 0 Å². The van der Waals surface area contributed by atoms with Crippen LogP contribution in [0.3, 0.4) is 0 Å². The summed E-state index contributed by atoms with van der Waals surface area (Å²) in [5.74, 6) is 0. The number of rotatable bonds is 1. The van der Waals surface area contributed by atoms with Gasteiger partial charge in [0.05, 0.1) is 11.7 Å². The molecule has 0 bridgehead atoms. The Morgan fingerprint density at radius 3 is 3.50 bits per heavy atom. The Morgan fingerprint density at radius 2 is 2.67 bits per heavy atom. The van der Waals surface area contributed by atoms with Crippen LogP contribution in [0.4, 0.5) is 0 Å². The highest BCUT2D eigenvalue weighted by Crippen LogP contribution is 2.06. The van der Waals surface area contributed by atoms with E-state index in [1.165, 1.54) is 0 Å². The normalized spacial score (nSPS) is 22.8. The highest BCUT2D eigenvalue weighted by atomic mass is 16.1. The van der Waals surface area contributed by atoms with E-state index in [1.54, 1.807) is 6.20 Å². The zero-order valence-corrected chi connectivity index (χ0v) is 6.73. The summed E-state index contributed by atoms with van der Waals surface area (Å²) in [4.78, 5) is 10.5. The van der Waals surface area contributed by atoms with Gasteiger partial charge in [-0.2, -0.15) is 5.10 Å². The molecule has 12 heavy (non-hydrogen) atoms. The third-order valence-corrected chi connectivity index (χ3v) is 2.17. The molecule has 4 nitrogen and oxygen atoms in total. The predicted octanol–water partition coefficient (Wildman–Crippen LogP) is -0.0561. The van der Waals surface area contributed by atoms with Crippen molar-refractivity contribution in [2.75, 3.05) is 0 Å². The summed E-state index contributed by atoms with van der Waals surface area (Å²) >= 11 is 0. The van der Waals surface area contributed by atoms with E-state index in [1.807, 2.05) is 10.7 Å². The highest BCUT2D eigenvalue weighted by molar-refractivity contribution is 5.57. The largest absolute Gasteiger partial charge is 0.302 e. The molecule has 1 aliphatic heterocycles. The number of nitrogens with one attached hydrogen (secondary N) is 1. The summed E-state index contributed by atoms with van der Waals surface area (Å²) in [7, 11) is 0. The van der Waals surface area contributed by atoms with Crippen molar-refractivity contribution in [1.29, 1.82) is 0 Å². The Bertz CT molecular complexity index is 259. The molecule has 0 aromatic carbocycles. The summed E-state index contributed by atoms with van der Waals surface area (Å²) in [5.41, 5.74) is 1.15. The first-order valence-corrected chi connectivity index (χ1v) is 4.09. The molecule has 0 aliphatic carbocycles. The molecule has 0 amide bonds. The second kappa shape index (κ2) is 3.06. The summed E-state index contributed by atoms with van der Waals surface area (Å²) in [6.45, 7) is 1.57. The second-order valence-electron chi connectivity index (χ2n) is 2.96. The molecule has 0 saturated carbocycles. The van der Waals surface area contributed by atoms with Crippen molar-refractivity contribution in [2.24, 2.45) is 0 Å². The fraction of sp³-hybridized carbons (Fsp3) is 0.500. The lowest BCUT2D eigenvalue weighted by molar-refractivity contribution is -0.109. The Balaban J connectivity index is 2.15. The van der Waals surface area contributed by atoms with E-state index >= 15 is 0 Å². The van der Waals surface area contributed by atoms with Gasteiger partial charge in [0, 0.05) is 19.3 Å². The standard InChI is InChI=1S/C8H11N3O/c12-6-7-2-4-11-8(5-9-7)1-3-10-11/h1,3,6-7,9H,2,4-5H2. The van der Waals surface area contributed by atoms with Gasteiger partial charge in [0.2, 0.25) is 0 Å². The van der Waals surface area contributed by atoms with E-state index in [9.17, 15) is 4.79 Å². The minimum absolute atomic E-state index is 0.00769. The number of aryl methyl sites for hydroxylation is 1. The van der Waals surface area contributed by atoms with Gasteiger partial charge in [-0.1, -0.05) is 0 Å². The number of aromatic nitrogens is 2. The number of hydrogen-bond acceptors (Lipinski definition) is 3. The van der Waals surface area contributed by atoms with E-state index in [0.717, 1.165) is 31.5 Å². The van der Waals surface area contributed by atoms with Crippen LogP contribution in [0, 0.1) is 0 Å². The molecule has 64 valence electrons. The SMILES string of the molecule is O=CC1CCn2nccc2CN1. The van der Waals surface area contributed by atoms with Crippen molar-refractivity contribution in [1.82, 2.24) is 15.1 Å². The molecule has 1 aromatic heterocycles. The first kappa shape index (κ1) is 7.49. The minimum atomic E-state index is -0.00769. The van der Waals surface area contributed by atoms with E-state index in [2.05, 4.69) is 10.4 Å². The third-order valence-electron chi connectivity index (χ3n) is 2.17. The molecule has 1 unspecified atom stereocenters. The van der Waals surface area contributed by atoms with Gasteiger partial charge in [0.1, 0.15) is 6.29 Å². The summed E-state index contributed by atoms with van der Waals surface area (Å²) in [5, 5.41) is 7.29. The average molecular weight is 165 g/mol. The molecule has 2 rings (SSSR count). The van der Waals surface area contributed by atoms with Crippen LogP contribution in [-0.2, 0) is 17.9 Å². The number of carbonyl (C=O) groups excluding carboxylic acids is 1. The van der Waals surface area contributed by atoms with Crippen LogP contribution >= 0.6 is 0 Å². The molecular formula is C8H11N3O. The topological polar surface area (TPSA) is 46.9 Å². The molecule has 1 atom stereocenters. The van der Waals surface area contributed by atoms with Crippen molar-refractivity contribution < 1.29 is 4.79 Å². The fourth-order valence-electron chi connectivity index (χ4n) is 1.43. The lowest BCUT2D eigenvalue weighted by atomic mass is 10.2.